The normalized spacial score (nSPS) is 22.4. The van der Waals surface area contributed by atoms with Gasteiger partial charge in [0.05, 0.1) is 19.2 Å². The third kappa shape index (κ3) is 6.80. The minimum absolute atomic E-state index is 0. The topological polar surface area (TPSA) is 57.2 Å². The number of ether oxygens (including phenoxy) is 1. The third-order valence-electron chi connectivity index (χ3n) is 5.18. The lowest BCUT2D eigenvalue weighted by Gasteiger charge is -2.38. The lowest BCUT2D eigenvalue weighted by molar-refractivity contribution is -0.129. The Morgan fingerprint density at radius 3 is 2.55 bits per heavy atom. The number of hydrogen-bond acceptors (Lipinski definition) is 3. The van der Waals surface area contributed by atoms with E-state index in [1.165, 1.54) is 12.1 Å². The van der Waals surface area contributed by atoms with Crippen molar-refractivity contribution in [2.45, 2.75) is 45.3 Å². The molecule has 162 valence electrons. The number of nitrogens with one attached hydrogen (secondary N) is 1. The summed E-state index contributed by atoms with van der Waals surface area (Å²) in [7, 11) is 0. The molecule has 2 aliphatic rings. The number of benzene rings is 1. The fraction of sp³-hybridized carbons (Fsp3) is 0.619. The number of likely N-dealkylation sites (tertiary alicyclic amines) is 1. The number of aliphatic imine (C=N–C) groups is 1. The zero-order valence-corrected chi connectivity index (χ0v) is 19.6. The molecule has 2 atom stereocenters. The molecule has 2 unspecified atom stereocenters. The van der Waals surface area contributed by atoms with Gasteiger partial charge in [0, 0.05) is 32.6 Å². The van der Waals surface area contributed by atoms with Crippen LogP contribution >= 0.6 is 24.0 Å². The van der Waals surface area contributed by atoms with Crippen LogP contribution < -0.4 is 5.32 Å². The van der Waals surface area contributed by atoms with Crippen molar-refractivity contribution < 1.29 is 13.9 Å². The van der Waals surface area contributed by atoms with Crippen molar-refractivity contribution in [3.63, 3.8) is 0 Å². The van der Waals surface area contributed by atoms with Crippen molar-refractivity contribution in [2.24, 2.45) is 4.99 Å². The van der Waals surface area contributed by atoms with E-state index in [4.69, 9.17) is 9.73 Å². The van der Waals surface area contributed by atoms with Gasteiger partial charge in [0.1, 0.15) is 11.9 Å². The van der Waals surface area contributed by atoms with Crippen molar-refractivity contribution in [2.75, 3.05) is 39.3 Å². The molecular formula is C21H32FIN4O2. The van der Waals surface area contributed by atoms with Gasteiger partial charge in [-0.2, -0.15) is 0 Å². The zero-order valence-electron chi connectivity index (χ0n) is 17.3. The Bertz CT molecular complexity index is 680. The van der Waals surface area contributed by atoms with E-state index in [9.17, 15) is 9.18 Å². The molecule has 1 aromatic rings. The highest BCUT2D eigenvalue weighted by molar-refractivity contribution is 14.0. The van der Waals surface area contributed by atoms with Gasteiger partial charge in [0.15, 0.2) is 5.96 Å². The molecule has 2 heterocycles. The molecule has 8 heteroatoms. The first kappa shape index (κ1) is 23.9. The van der Waals surface area contributed by atoms with Gasteiger partial charge in [-0.05, 0) is 44.4 Å². The van der Waals surface area contributed by atoms with Crippen LogP contribution in [0.3, 0.4) is 0 Å². The molecule has 0 aliphatic carbocycles. The van der Waals surface area contributed by atoms with Gasteiger partial charge in [0.2, 0.25) is 5.91 Å². The molecule has 29 heavy (non-hydrogen) atoms. The van der Waals surface area contributed by atoms with E-state index in [-0.39, 0.29) is 47.9 Å². The summed E-state index contributed by atoms with van der Waals surface area (Å²) in [4.78, 5) is 21.1. The van der Waals surface area contributed by atoms with E-state index in [1.807, 2.05) is 18.7 Å². The summed E-state index contributed by atoms with van der Waals surface area (Å²) in [6, 6.07) is 6.47. The van der Waals surface area contributed by atoms with E-state index in [0.29, 0.717) is 19.5 Å². The summed E-state index contributed by atoms with van der Waals surface area (Å²) in [5.74, 6) is 0.748. The molecule has 6 nitrogen and oxygen atoms in total. The van der Waals surface area contributed by atoms with Crippen molar-refractivity contribution in [1.29, 1.82) is 0 Å². The third-order valence-corrected chi connectivity index (χ3v) is 5.18. The quantitative estimate of drug-likeness (QED) is 0.370. The van der Waals surface area contributed by atoms with Gasteiger partial charge in [-0.1, -0.05) is 12.1 Å². The summed E-state index contributed by atoms with van der Waals surface area (Å²) in [6.45, 7) is 8.42. The Morgan fingerprint density at radius 1 is 1.21 bits per heavy atom. The zero-order chi connectivity index (χ0) is 19.9. The summed E-state index contributed by atoms with van der Waals surface area (Å²) >= 11 is 0. The Morgan fingerprint density at radius 2 is 1.90 bits per heavy atom. The van der Waals surface area contributed by atoms with Crippen LogP contribution in [0.1, 0.15) is 44.8 Å². The lowest BCUT2D eigenvalue weighted by Crippen LogP contribution is -2.50. The van der Waals surface area contributed by atoms with Gasteiger partial charge in [-0.15, -0.1) is 24.0 Å². The Balaban J connectivity index is 0.00000300. The Kier molecular flexibility index (Phi) is 9.61. The largest absolute Gasteiger partial charge is 0.367 e. The molecule has 0 saturated carbocycles. The standard InChI is InChI=1S/C21H31FN4O2.HI/c1-3-23-21(24-11-10-20(27)25-12-4-5-13-25)26-14-16(2)28-19(15-26)17-6-8-18(22)9-7-17;/h6-9,16,19H,3-5,10-15H2,1-2H3,(H,23,24);1H. The van der Waals surface area contributed by atoms with Crippen LogP contribution in [0, 0.1) is 5.82 Å². The van der Waals surface area contributed by atoms with Gasteiger partial charge in [-0.3, -0.25) is 9.79 Å². The van der Waals surface area contributed by atoms with Crippen LogP contribution in [0.2, 0.25) is 0 Å². The van der Waals surface area contributed by atoms with E-state index < -0.39 is 0 Å². The van der Waals surface area contributed by atoms with Gasteiger partial charge >= 0.3 is 0 Å². The van der Waals surface area contributed by atoms with Gasteiger partial charge in [0.25, 0.3) is 0 Å². The van der Waals surface area contributed by atoms with E-state index in [1.54, 1.807) is 12.1 Å². The second kappa shape index (κ2) is 11.7. The average molecular weight is 518 g/mol. The summed E-state index contributed by atoms with van der Waals surface area (Å²) in [5.41, 5.74) is 0.956. The van der Waals surface area contributed by atoms with Crippen LogP contribution in [0.4, 0.5) is 4.39 Å². The second-order valence-corrected chi connectivity index (χ2v) is 7.47. The summed E-state index contributed by atoms with van der Waals surface area (Å²) in [6.07, 6.45) is 2.54. The van der Waals surface area contributed by atoms with Crippen LogP contribution in [0.15, 0.2) is 29.3 Å². The number of morpholine rings is 1. The molecule has 2 saturated heterocycles. The molecule has 2 fully saturated rings. The van der Waals surface area contributed by atoms with Crippen molar-refractivity contribution in [1.82, 2.24) is 15.1 Å². The van der Waals surface area contributed by atoms with Crippen molar-refractivity contribution in [3.05, 3.63) is 35.6 Å². The smallest absolute Gasteiger partial charge is 0.224 e. The monoisotopic (exact) mass is 518 g/mol. The maximum absolute atomic E-state index is 13.2. The Hall–Kier alpha value is -1.42. The van der Waals surface area contributed by atoms with Crippen LogP contribution in [0.25, 0.3) is 0 Å². The van der Waals surface area contributed by atoms with Crippen molar-refractivity contribution in [3.8, 4) is 0 Å². The molecule has 3 rings (SSSR count). The Labute approximate surface area is 189 Å². The molecule has 1 N–H and O–H groups in total. The van der Waals surface area contributed by atoms with Gasteiger partial charge < -0.3 is 19.9 Å². The molecule has 0 spiro atoms. The van der Waals surface area contributed by atoms with E-state index >= 15 is 0 Å². The highest BCUT2D eigenvalue weighted by Gasteiger charge is 2.28. The molecular weight excluding hydrogens is 486 g/mol. The fourth-order valence-electron chi connectivity index (χ4n) is 3.79. The summed E-state index contributed by atoms with van der Waals surface area (Å²) in [5, 5.41) is 3.33. The highest BCUT2D eigenvalue weighted by atomic mass is 127. The summed E-state index contributed by atoms with van der Waals surface area (Å²) < 4.78 is 19.3. The number of guanidine groups is 1. The predicted molar refractivity (Wildman–Crippen MR) is 123 cm³/mol. The number of halogens is 2. The van der Waals surface area contributed by atoms with Gasteiger partial charge in [-0.25, -0.2) is 4.39 Å². The molecule has 0 bridgehead atoms. The maximum atomic E-state index is 13.2. The van der Waals surface area contributed by atoms with E-state index in [0.717, 1.165) is 50.5 Å². The SMILES string of the molecule is CCNC(=NCCC(=O)N1CCCC1)N1CC(C)OC(c2ccc(F)cc2)C1.I. The van der Waals surface area contributed by atoms with Crippen molar-refractivity contribution >= 4 is 35.8 Å². The minimum atomic E-state index is -0.248. The first-order chi connectivity index (χ1) is 13.6. The molecule has 0 aromatic heterocycles. The molecule has 0 radical (unpaired) electrons. The number of carbonyl (C=O) groups is 1. The number of carbonyl (C=O) groups excluding carboxylic acids is 1. The maximum Gasteiger partial charge on any atom is 0.224 e. The van der Waals surface area contributed by atoms with E-state index in [2.05, 4.69) is 10.2 Å². The fourth-order valence-corrected chi connectivity index (χ4v) is 3.79. The average Bonchev–Trinajstić information content (AvgIpc) is 3.22. The predicted octanol–water partition coefficient (Wildman–Crippen LogP) is 3.18. The van der Waals surface area contributed by atoms with Crippen LogP contribution in [-0.2, 0) is 9.53 Å². The first-order valence-corrected chi connectivity index (χ1v) is 10.3. The molecule has 1 aromatic carbocycles. The number of nitrogens with zero attached hydrogens (tertiary/aromatic N) is 3. The highest BCUT2D eigenvalue weighted by Crippen LogP contribution is 2.25. The lowest BCUT2D eigenvalue weighted by atomic mass is 10.1. The van der Waals surface area contributed by atoms with Crippen LogP contribution in [-0.4, -0.2) is 67.0 Å². The van der Waals surface area contributed by atoms with Crippen LogP contribution in [0.5, 0.6) is 0 Å². The number of rotatable bonds is 5. The molecule has 2 aliphatic heterocycles. The number of amides is 1. The number of hydrogen-bond donors (Lipinski definition) is 1. The molecule has 1 amide bonds. The second-order valence-electron chi connectivity index (χ2n) is 7.47. The first-order valence-electron chi connectivity index (χ1n) is 10.3. The minimum Gasteiger partial charge on any atom is -0.367 e.